The molecular formula is C14H13N. The van der Waals surface area contributed by atoms with E-state index in [4.69, 9.17) is 0 Å². The number of fused-ring (bicyclic) bond motifs is 2. The van der Waals surface area contributed by atoms with Crippen LogP contribution in [0.5, 0.6) is 0 Å². The van der Waals surface area contributed by atoms with Crippen LogP contribution in [0.3, 0.4) is 0 Å². The summed E-state index contributed by atoms with van der Waals surface area (Å²) in [7, 11) is 0. The van der Waals surface area contributed by atoms with Crippen molar-refractivity contribution in [3.8, 4) is 0 Å². The highest BCUT2D eigenvalue weighted by molar-refractivity contribution is 5.45. The van der Waals surface area contributed by atoms with E-state index in [1.807, 2.05) is 12.4 Å². The molecule has 0 aliphatic heterocycles. The molecule has 1 aliphatic carbocycles. The maximum absolute atomic E-state index is 4.19. The molecule has 0 unspecified atom stereocenters. The van der Waals surface area contributed by atoms with Crippen LogP contribution >= 0.6 is 0 Å². The molecular weight excluding hydrogens is 182 g/mol. The fourth-order valence-electron chi connectivity index (χ4n) is 2.29. The number of hydrogen-bond acceptors (Lipinski definition) is 1. The fraction of sp³-hybridized carbons (Fsp3) is 0.214. The van der Waals surface area contributed by atoms with Crippen LogP contribution < -0.4 is 0 Å². The Labute approximate surface area is 89.8 Å². The highest BCUT2D eigenvalue weighted by atomic mass is 14.6. The van der Waals surface area contributed by atoms with Crippen molar-refractivity contribution in [1.29, 1.82) is 0 Å². The summed E-state index contributed by atoms with van der Waals surface area (Å²) < 4.78 is 0. The molecule has 74 valence electrons. The van der Waals surface area contributed by atoms with Crippen LogP contribution in [-0.4, -0.2) is 4.98 Å². The third-order valence-corrected chi connectivity index (χ3v) is 3.13. The molecule has 2 aromatic rings. The van der Waals surface area contributed by atoms with Crippen molar-refractivity contribution in [1.82, 2.24) is 4.98 Å². The lowest BCUT2D eigenvalue weighted by Gasteiger charge is -2.19. The van der Waals surface area contributed by atoms with E-state index in [0.717, 1.165) is 12.8 Å². The minimum absolute atomic E-state index is 1.04. The Bertz CT molecular complexity index is 514. The molecule has 0 N–H and O–H groups in total. The van der Waals surface area contributed by atoms with Gasteiger partial charge in [0, 0.05) is 12.4 Å². The van der Waals surface area contributed by atoms with E-state index >= 15 is 0 Å². The zero-order chi connectivity index (χ0) is 10.3. The molecule has 15 heavy (non-hydrogen) atoms. The largest absolute Gasteiger partial charge is 0.264 e. The van der Waals surface area contributed by atoms with Crippen molar-refractivity contribution in [2.75, 3.05) is 0 Å². The molecule has 1 aliphatic rings. The number of rotatable bonds is 0. The summed E-state index contributed by atoms with van der Waals surface area (Å²) in [6, 6.07) is 8.89. The predicted octanol–water partition coefficient (Wildman–Crippen LogP) is 2.89. The number of aryl methyl sites for hydroxylation is 1. The molecule has 1 nitrogen and oxygen atoms in total. The summed E-state index contributed by atoms with van der Waals surface area (Å²) in [6.45, 7) is 2.15. The SMILES string of the molecule is Cc1ccc2c(c1)Cc1cnccc1C2. The second-order valence-electron chi connectivity index (χ2n) is 4.27. The minimum atomic E-state index is 1.04. The van der Waals surface area contributed by atoms with Gasteiger partial charge in [-0.15, -0.1) is 0 Å². The minimum Gasteiger partial charge on any atom is -0.264 e. The number of pyridine rings is 1. The first-order valence-corrected chi connectivity index (χ1v) is 5.33. The highest BCUT2D eigenvalue weighted by Gasteiger charge is 2.14. The van der Waals surface area contributed by atoms with Gasteiger partial charge < -0.3 is 0 Å². The van der Waals surface area contributed by atoms with Gasteiger partial charge in [-0.05, 0) is 48.1 Å². The first-order chi connectivity index (χ1) is 7.33. The van der Waals surface area contributed by atoms with E-state index in [-0.39, 0.29) is 0 Å². The van der Waals surface area contributed by atoms with Crippen LogP contribution in [0, 0.1) is 6.92 Å². The molecule has 0 amide bonds. The van der Waals surface area contributed by atoms with Crippen LogP contribution in [0.15, 0.2) is 36.7 Å². The average Bonchev–Trinajstić information content (AvgIpc) is 2.26. The van der Waals surface area contributed by atoms with Crippen molar-refractivity contribution in [2.45, 2.75) is 19.8 Å². The molecule has 3 rings (SSSR count). The van der Waals surface area contributed by atoms with Gasteiger partial charge in [0.25, 0.3) is 0 Å². The van der Waals surface area contributed by atoms with Crippen LogP contribution in [0.25, 0.3) is 0 Å². The lowest BCUT2D eigenvalue weighted by molar-refractivity contribution is 0.978. The van der Waals surface area contributed by atoms with Gasteiger partial charge in [-0.2, -0.15) is 0 Å². The average molecular weight is 195 g/mol. The Balaban J connectivity index is 2.11. The fourth-order valence-corrected chi connectivity index (χ4v) is 2.29. The molecule has 0 radical (unpaired) electrons. The summed E-state index contributed by atoms with van der Waals surface area (Å²) in [5, 5.41) is 0. The topological polar surface area (TPSA) is 12.9 Å². The Morgan fingerprint density at radius 1 is 0.933 bits per heavy atom. The second kappa shape index (κ2) is 3.20. The Morgan fingerprint density at radius 2 is 1.73 bits per heavy atom. The van der Waals surface area contributed by atoms with Crippen LogP contribution in [-0.2, 0) is 12.8 Å². The molecule has 1 aromatic heterocycles. The number of benzene rings is 1. The van der Waals surface area contributed by atoms with Gasteiger partial charge in [0.15, 0.2) is 0 Å². The van der Waals surface area contributed by atoms with Gasteiger partial charge in [0.1, 0.15) is 0 Å². The Morgan fingerprint density at radius 3 is 2.67 bits per heavy atom. The molecule has 0 spiro atoms. The predicted molar refractivity (Wildman–Crippen MR) is 61.0 cm³/mol. The lowest BCUT2D eigenvalue weighted by atomic mass is 9.86. The normalized spacial score (nSPS) is 13.1. The van der Waals surface area contributed by atoms with E-state index in [1.165, 1.54) is 27.8 Å². The van der Waals surface area contributed by atoms with Crippen LogP contribution in [0.2, 0.25) is 0 Å². The van der Waals surface area contributed by atoms with Gasteiger partial charge in [0.2, 0.25) is 0 Å². The van der Waals surface area contributed by atoms with Crippen LogP contribution in [0.1, 0.15) is 27.8 Å². The summed E-state index contributed by atoms with van der Waals surface area (Å²) in [4.78, 5) is 4.19. The molecule has 1 heteroatoms. The third-order valence-electron chi connectivity index (χ3n) is 3.13. The van der Waals surface area contributed by atoms with E-state index in [1.54, 1.807) is 0 Å². The van der Waals surface area contributed by atoms with Gasteiger partial charge in [-0.3, -0.25) is 4.98 Å². The zero-order valence-electron chi connectivity index (χ0n) is 8.83. The number of nitrogens with zero attached hydrogens (tertiary/aromatic N) is 1. The van der Waals surface area contributed by atoms with E-state index < -0.39 is 0 Å². The number of hydrogen-bond donors (Lipinski definition) is 0. The standard InChI is InChI=1S/C14H13N/c1-10-2-3-11-7-12-4-5-15-9-14(12)8-13(11)6-10/h2-6,9H,7-8H2,1H3. The second-order valence-corrected chi connectivity index (χ2v) is 4.27. The zero-order valence-corrected chi connectivity index (χ0v) is 8.83. The van der Waals surface area contributed by atoms with Crippen molar-refractivity contribution in [3.05, 3.63) is 64.5 Å². The van der Waals surface area contributed by atoms with E-state index in [9.17, 15) is 0 Å². The van der Waals surface area contributed by atoms with Crippen molar-refractivity contribution >= 4 is 0 Å². The summed E-state index contributed by atoms with van der Waals surface area (Å²) in [6.07, 6.45) is 5.99. The van der Waals surface area contributed by atoms with Crippen molar-refractivity contribution < 1.29 is 0 Å². The van der Waals surface area contributed by atoms with Crippen molar-refractivity contribution in [2.24, 2.45) is 0 Å². The summed E-state index contributed by atoms with van der Waals surface area (Å²) >= 11 is 0. The highest BCUT2D eigenvalue weighted by Crippen LogP contribution is 2.26. The van der Waals surface area contributed by atoms with Gasteiger partial charge in [-0.1, -0.05) is 23.8 Å². The van der Waals surface area contributed by atoms with E-state index in [0.29, 0.717) is 0 Å². The van der Waals surface area contributed by atoms with Gasteiger partial charge in [-0.25, -0.2) is 0 Å². The van der Waals surface area contributed by atoms with Crippen LogP contribution in [0.4, 0.5) is 0 Å². The van der Waals surface area contributed by atoms with E-state index in [2.05, 4.69) is 36.2 Å². The van der Waals surface area contributed by atoms with Gasteiger partial charge >= 0.3 is 0 Å². The Kier molecular flexibility index (Phi) is 1.84. The third kappa shape index (κ3) is 1.44. The number of aromatic nitrogens is 1. The molecule has 0 saturated carbocycles. The molecule has 0 fully saturated rings. The summed E-state index contributed by atoms with van der Waals surface area (Å²) in [5.74, 6) is 0. The molecule has 0 atom stereocenters. The molecule has 0 saturated heterocycles. The first kappa shape index (κ1) is 8.66. The first-order valence-electron chi connectivity index (χ1n) is 5.33. The molecule has 1 heterocycles. The molecule has 0 bridgehead atoms. The Hall–Kier alpha value is -1.63. The lowest BCUT2D eigenvalue weighted by Crippen LogP contribution is -2.07. The maximum Gasteiger partial charge on any atom is 0.0306 e. The maximum atomic E-state index is 4.19. The van der Waals surface area contributed by atoms with Crippen molar-refractivity contribution in [3.63, 3.8) is 0 Å². The quantitative estimate of drug-likeness (QED) is 0.537. The van der Waals surface area contributed by atoms with Gasteiger partial charge in [0.05, 0.1) is 0 Å². The molecule has 1 aromatic carbocycles. The monoisotopic (exact) mass is 195 g/mol. The smallest absolute Gasteiger partial charge is 0.0306 e. The summed E-state index contributed by atoms with van der Waals surface area (Å²) in [5.41, 5.74) is 7.10.